The Morgan fingerprint density at radius 1 is 1.42 bits per heavy atom. The van der Waals surface area contributed by atoms with Crippen LogP contribution in [0.1, 0.15) is 26.3 Å². The van der Waals surface area contributed by atoms with Crippen molar-refractivity contribution in [3.8, 4) is 5.75 Å². The highest BCUT2D eigenvalue weighted by molar-refractivity contribution is 9.10. The van der Waals surface area contributed by atoms with Gasteiger partial charge in [-0.1, -0.05) is 12.1 Å². The highest BCUT2D eigenvalue weighted by Gasteiger charge is 2.19. The van der Waals surface area contributed by atoms with E-state index in [0.717, 1.165) is 10.0 Å². The van der Waals surface area contributed by atoms with Crippen LogP contribution < -0.4 is 10.5 Å². The summed E-state index contributed by atoms with van der Waals surface area (Å²) in [5, 5.41) is 0. The number of nitrogens with two attached hydrogens (primary N) is 1. The van der Waals surface area contributed by atoms with E-state index >= 15 is 0 Å². The predicted molar refractivity (Wildman–Crippen MR) is 78.2 cm³/mol. The van der Waals surface area contributed by atoms with Gasteiger partial charge in [-0.3, -0.25) is 0 Å². The molecule has 19 heavy (non-hydrogen) atoms. The SMILES string of the molecule is CCOC(=O)C(C)Oc1c(Br)cccc1CC(C)N. The number of hydrogen-bond acceptors (Lipinski definition) is 4. The number of carbonyl (C=O) groups is 1. The average molecular weight is 330 g/mol. The number of halogens is 1. The molecule has 1 aromatic carbocycles. The molecule has 1 aromatic rings. The molecule has 0 aliphatic rings. The Bertz CT molecular complexity index is 435. The summed E-state index contributed by atoms with van der Waals surface area (Å²) in [5.74, 6) is 0.283. The van der Waals surface area contributed by atoms with Crippen molar-refractivity contribution in [2.24, 2.45) is 5.73 Å². The van der Waals surface area contributed by atoms with Crippen molar-refractivity contribution in [2.75, 3.05) is 6.61 Å². The number of carbonyl (C=O) groups excluding carboxylic acids is 1. The van der Waals surface area contributed by atoms with Crippen LogP contribution in [0.25, 0.3) is 0 Å². The molecule has 2 unspecified atom stereocenters. The summed E-state index contributed by atoms with van der Waals surface area (Å²) < 4.78 is 11.5. The number of para-hydroxylation sites is 1. The molecule has 0 saturated heterocycles. The van der Waals surface area contributed by atoms with E-state index in [4.69, 9.17) is 15.2 Å². The van der Waals surface area contributed by atoms with Gasteiger partial charge in [-0.05, 0) is 54.8 Å². The van der Waals surface area contributed by atoms with Crippen LogP contribution in [0.5, 0.6) is 5.75 Å². The summed E-state index contributed by atoms with van der Waals surface area (Å²) in [7, 11) is 0. The lowest BCUT2D eigenvalue weighted by Crippen LogP contribution is -2.27. The summed E-state index contributed by atoms with van der Waals surface area (Å²) in [6.07, 6.45) is 0.0371. The van der Waals surface area contributed by atoms with Crippen LogP contribution in [-0.2, 0) is 16.0 Å². The lowest BCUT2D eigenvalue weighted by Gasteiger charge is -2.18. The van der Waals surface area contributed by atoms with Crippen LogP contribution >= 0.6 is 15.9 Å². The minimum Gasteiger partial charge on any atom is -0.478 e. The molecule has 0 aliphatic carbocycles. The predicted octanol–water partition coefficient (Wildman–Crippen LogP) is 2.67. The Morgan fingerprint density at radius 3 is 2.68 bits per heavy atom. The third-order valence-corrected chi connectivity index (χ3v) is 3.13. The molecule has 0 aromatic heterocycles. The summed E-state index contributed by atoms with van der Waals surface area (Å²) in [5.41, 5.74) is 6.79. The smallest absolute Gasteiger partial charge is 0.347 e. The highest BCUT2D eigenvalue weighted by atomic mass is 79.9. The molecule has 2 atom stereocenters. The van der Waals surface area contributed by atoms with Crippen molar-refractivity contribution < 1.29 is 14.3 Å². The van der Waals surface area contributed by atoms with Gasteiger partial charge in [0, 0.05) is 6.04 Å². The fourth-order valence-corrected chi connectivity index (χ4v) is 2.18. The van der Waals surface area contributed by atoms with Crippen LogP contribution in [0.2, 0.25) is 0 Å². The zero-order chi connectivity index (χ0) is 14.4. The Kier molecular flexibility index (Phi) is 6.31. The fraction of sp³-hybridized carbons (Fsp3) is 0.500. The monoisotopic (exact) mass is 329 g/mol. The van der Waals surface area contributed by atoms with Crippen LogP contribution in [-0.4, -0.2) is 24.7 Å². The maximum absolute atomic E-state index is 11.6. The maximum Gasteiger partial charge on any atom is 0.347 e. The Morgan fingerprint density at radius 2 is 2.11 bits per heavy atom. The molecular weight excluding hydrogens is 310 g/mol. The van der Waals surface area contributed by atoms with Crippen molar-refractivity contribution >= 4 is 21.9 Å². The van der Waals surface area contributed by atoms with E-state index in [2.05, 4.69) is 15.9 Å². The van der Waals surface area contributed by atoms with Crippen molar-refractivity contribution in [3.05, 3.63) is 28.2 Å². The van der Waals surface area contributed by atoms with Crippen LogP contribution in [0.4, 0.5) is 0 Å². The Balaban J connectivity index is 2.89. The van der Waals surface area contributed by atoms with Gasteiger partial charge in [-0.25, -0.2) is 4.79 Å². The van der Waals surface area contributed by atoms with E-state index in [1.165, 1.54) is 0 Å². The van der Waals surface area contributed by atoms with Crippen molar-refractivity contribution in [1.29, 1.82) is 0 Å². The molecule has 1 rings (SSSR count). The molecule has 5 heteroatoms. The van der Waals surface area contributed by atoms with Gasteiger partial charge in [-0.15, -0.1) is 0 Å². The molecule has 106 valence electrons. The molecule has 0 aliphatic heterocycles. The van der Waals surface area contributed by atoms with Gasteiger partial charge < -0.3 is 15.2 Å². The highest BCUT2D eigenvalue weighted by Crippen LogP contribution is 2.30. The molecule has 0 fully saturated rings. The fourth-order valence-electron chi connectivity index (χ4n) is 1.68. The molecule has 2 N–H and O–H groups in total. The van der Waals surface area contributed by atoms with Crippen molar-refractivity contribution in [2.45, 2.75) is 39.3 Å². The first kappa shape index (κ1) is 16.0. The van der Waals surface area contributed by atoms with Gasteiger partial charge in [0.2, 0.25) is 0 Å². The minimum absolute atomic E-state index is 0.0227. The summed E-state index contributed by atoms with van der Waals surface area (Å²) in [4.78, 5) is 11.6. The van der Waals surface area contributed by atoms with Gasteiger partial charge in [0.25, 0.3) is 0 Å². The van der Waals surface area contributed by atoms with E-state index in [-0.39, 0.29) is 12.0 Å². The zero-order valence-electron chi connectivity index (χ0n) is 11.5. The van der Waals surface area contributed by atoms with E-state index in [0.29, 0.717) is 18.8 Å². The Labute approximate surface area is 122 Å². The van der Waals surface area contributed by atoms with Gasteiger partial charge in [0.05, 0.1) is 11.1 Å². The molecule has 0 saturated carbocycles. The van der Waals surface area contributed by atoms with E-state index < -0.39 is 6.10 Å². The quantitative estimate of drug-likeness (QED) is 0.815. The van der Waals surface area contributed by atoms with Crippen molar-refractivity contribution in [1.82, 2.24) is 0 Å². The van der Waals surface area contributed by atoms with E-state index in [1.807, 2.05) is 25.1 Å². The average Bonchev–Trinajstić information content (AvgIpc) is 2.33. The van der Waals surface area contributed by atoms with Crippen LogP contribution in [0.15, 0.2) is 22.7 Å². The topological polar surface area (TPSA) is 61.5 Å². The molecule has 4 nitrogen and oxygen atoms in total. The molecule has 0 amide bonds. The molecule has 0 bridgehead atoms. The number of ether oxygens (including phenoxy) is 2. The first-order chi connectivity index (χ1) is 8.95. The van der Waals surface area contributed by atoms with Crippen LogP contribution in [0.3, 0.4) is 0 Å². The number of esters is 1. The third-order valence-electron chi connectivity index (χ3n) is 2.50. The molecule has 0 heterocycles. The van der Waals surface area contributed by atoms with Gasteiger partial charge in [0.1, 0.15) is 5.75 Å². The van der Waals surface area contributed by atoms with Crippen LogP contribution in [0, 0.1) is 0 Å². The minimum atomic E-state index is -0.648. The second-order valence-electron chi connectivity index (χ2n) is 4.42. The summed E-state index contributed by atoms with van der Waals surface area (Å²) in [6, 6.07) is 5.76. The lowest BCUT2D eigenvalue weighted by atomic mass is 10.1. The van der Waals surface area contributed by atoms with Gasteiger partial charge in [-0.2, -0.15) is 0 Å². The first-order valence-corrected chi connectivity index (χ1v) is 7.11. The summed E-state index contributed by atoms with van der Waals surface area (Å²) >= 11 is 3.44. The second-order valence-corrected chi connectivity index (χ2v) is 5.28. The maximum atomic E-state index is 11.6. The second kappa shape index (κ2) is 7.50. The molecule has 0 spiro atoms. The number of benzene rings is 1. The Hall–Kier alpha value is -1.07. The van der Waals surface area contributed by atoms with Gasteiger partial charge in [0.15, 0.2) is 6.10 Å². The first-order valence-electron chi connectivity index (χ1n) is 6.32. The zero-order valence-corrected chi connectivity index (χ0v) is 13.1. The van der Waals surface area contributed by atoms with Crippen molar-refractivity contribution in [3.63, 3.8) is 0 Å². The third kappa shape index (κ3) is 4.84. The molecular formula is C14H20BrNO3. The van der Waals surface area contributed by atoms with E-state index in [9.17, 15) is 4.79 Å². The molecule has 0 radical (unpaired) electrons. The lowest BCUT2D eigenvalue weighted by molar-refractivity contribution is -0.150. The van der Waals surface area contributed by atoms with E-state index in [1.54, 1.807) is 13.8 Å². The van der Waals surface area contributed by atoms with Gasteiger partial charge >= 0.3 is 5.97 Å². The summed E-state index contributed by atoms with van der Waals surface area (Å²) in [6.45, 7) is 5.71. The standard InChI is InChI=1S/C14H20BrNO3/c1-4-18-14(17)10(3)19-13-11(8-9(2)16)6-5-7-12(13)15/h5-7,9-10H,4,8,16H2,1-3H3. The normalized spacial score (nSPS) is 13.7. The number of hydrogen-bond donors (Lipinski definition) is 1. The largest absolute Gasteiger partial charge is 0.478 e. The number of rotatable bonds is 6.